The van der Waals surface area contributed by atoms with Crippen LogP contribution in [0.1, 0.15) is 18.6 Å². The minimum absolute atomic E-state index is 0.431. The predicted octanol–water partition coefficient (Wildman–Crippen LogP) is 3.44. The Kier molecular flexibility index (Phi) is 5.49. The number of hydrogen-bond donors (Lipinski definition) is 0. The molecule has 0 N–H and O–H groups in total. The molecule has 2 heterocycles. The Morgan fingerprint density at radius 2 is 2.21 bits per heavy atom. The van der Waals surface area contributed by atoms with Gasteiger partial charge in [-0.15, -0.1) is 10.2 Å². The van der Waals surface area contributed by atoms with Gasteiger partial charge in [0.15, 0.2) is 11.0 Å². The van der Waals surface area contributed by atoms with Gasteiger partial charge in [-0.3, -0.25) is 0 Å². The third-order valence-electron chi connectivity index (χ3n) is 3.26. The Bertz CT molecular complexity index is 820. The molecule has 1 aromatic carbocycles. The Labute approximate surface area is 148 Å². The van der Waals surface area contributed by atoms with E-state index in [1.807, 2.05) is 23.6 Å². The predicted molar refractivity (Wildman–Crippen MR) is 90.7 cm³/mol. The van der Waals surface area contributed by atoms with Gasteiger partial charge >= 0.3 is 0 Å². The van der Waals surface area contributed by atoms with Crippen LogP contribution >= 0.6 is 23.4 Å². The van der Waals surface area contributed by atoms with Gasteiger partial charge in [-0.05, 0) is 19.1 Å². The zero-order chi connectivity index (χ0) is 16.9. The molecule has 9 heteroatoms. The first-order chi connectivity index (χ1) is 11.7. The lowest BCUT2D eigenvalue weighted by molar-refractivity contribution is 0.173. The van der Waals surface area contributed by atoms with Gasteiger partial charge < -0.3 is 13.8 Å². The van der Waals surface area contributed by atoms with E-state index in [1.54, 1.807) is 19.2 Å². The summed E-state index contributed by atoms with van der Waals surface area (Å²) in [5.74, 6) is 2.35. The van der Waals surface area contributed by atoms with E-state index in [1.165, 1.54) is 11.8 Å². The summed E-state index contributed by atoms with van der Waals surface area (Å²) >= 11 is 7.48. The molecule has 3 rings (SSSR count). The number of rotatable bonds is 7. The highest BCUT2D eigenvalue weighted by Gasteiger charge is 2.14. The van der Waals surface area contributed by atoms with Crippen LogP contribution in [0.5, 0.6) is 0 Å². The van der Waals surface area contributed by atoms with Crippen molar-refractivity contribution in [3.8, 4) is 11.4 Å². The summed E-state index contributed by atoms with van der Waals surface area (Å²) in [6.45, 7) is 3.24. The summed E-state index contributed by atoms with van der Waals surface area (Å²) in [4.78, 5) is 4.40. The fourth-order valence-electron chi connectivity index (χ4n) is 2.16. The molecule has 0 aliphatic heterocycles. The Morgan fingerprint density at radius 1 is 1.33 bits per heavy atom. The van der Waals surface area contributed by atoms with Gasteiger partial charge in [0.1, 0.15) is 6.61 Å². The minimum atomic E-state index is 0.431. The molecule has 0 saturated heterocycles. The van der Waals surface area contributed by atoms with Gasteiger partial charge in [-0.25, -0.2) is 0 Å². The fraction of sp³-hybridized carbons (Fsp3) is 0.333. The number of methoxy groups -OCH3 is 1. The summed E-state index contributed by atoms with van der Waals surface area (Å²) in [7, 11) is 1.64. The molecule has 0 aliphatic carbocycles. The highest BCUT2D eigenvalue weighted by molar-refractivity contribution is 7.98. The lowest BCUT2D eigenvalue weighted by Crippen LogP contribution is -2.04. The van der Waals surface area contributed by atoms with Crippen LogP contribution in [0.4, 0.5) is 0 Å². The second-order valence-corrected chi connectivity index (χ2v) is 6.27. The molecule has 0 atom stereocenters. The normalized spacial score (nSPS) is 11.1. The summed E-state index contributed by atoms with van der Waals surface area (Å²) in [5, 5.41) is 13.8. The van der Waals surface area contributed by atoms with E-state index in [-0.39, 0.29) is 0 Å². The summed E-state index contributed by atoms with van der Waals surface area (Å²) in [6.07, 6.45) is 0. The molecule has 0 radical (unpaired) electrons. The maximum atomic E-state index is 5.99. The van der Waals surface area contributed by atoms with Crippen LogP contribution in [0.3, 0.4) is 0 Å². The van der Waals surface area contributed by atoms with Gasteiger partial charge in [0, 0.05) is 24.2 Å². The number of nitrogens with zero attached hydrogens (tertiary/aromatic N) is 5. The van der Waals surface area contributed by atoms with Gasteiger partial charge in [0.05, 0.1) is 5.75 Å². The average molecular weight is 366 g/mol. The van der Waals surface area contributed by atoms with Crippen LogP contribution in [-0.2, 0) is 23.6 Å². The molecule has 0 bridgehead atoms. The van der Waals surface area contributed by atoms with E-state index in [9.17, 15) is 0 Å². The molecular weight excluding hydrogens is 350 g/mol. The van der Waals surface area contributed by atoms with E-state index in [2.05, 4.69) is 20.3 Å². The van der Waals surface area contributed by atoms with Crippen LogP contribution in [0.15, 0.2) is 33.9 Å². The molecule has 0 aliphatic rings. The SMILES string of the molecule is CCn1c(COC)nnc1SCc1nc(-c2cccc(Cl)c2)no1. The first kappa shape index (κ1) is 16.9. The zero-order valence-electron chi connectivity index (χ0n) is 13.3. The summed E-state index contributed by atoms with van der Waals surface area (Å²) in [5.41, 5.74) is 0.821. The molecule has 0 fully saturated rings. The average Bonchev–Trinajstić information content (AvgIpc) is 3.20. The van der Waals surface area contributed by atoms with Crippen molar-refractivity contribution in [2.75, 3.05) is 7.11 Å². The van der Waals surface area contributed by atoms with Gasteiger partial charge in [-0.1, -0.05) is 40.7 Å². The lowest BCUT2D eigenvalue weighted by atomic mass is 10.2. The topological polar surface area (TPSA) is 78.9 Å². The van der Waals surface area contributed by atoms with Crippen molar-refractivity contribution in [1.82, 2.24) is 24.9 Å². The van der Waals surface area contributed by atoms with E-state index in [0.717, 1.165) is 23.1 Å². The summed E-state index contributed by atoms with van der Waals surface area (Å²) < 4.78 is 12.4. The zero-order valence-corrected chi connectivity index (χ0v) is 14.8. The molecule has 0 amide bonds. The van der Waals surface area contributed by atoms with Crippen molar-refractivity contribution in [3.63, 3.8) is 0 Å². The minimum Gasteiger partial charge on any atom is -0.377 e. The highest BCUT2D eigenvalue weighted by Crippen LogP contribution is 2.24. The second-order valence-electron chi connectivity index (χ2n) is 4.89. The first-order valence-electron chi connectivity index (χ1n) is 7.33. The van der Waals surface area contributed by atoms with E-state index in [0.29, 0.717) is 29.1 Å². The van der Waals surface area contributed by atoms with Crippen molar-refractivity contribution in [2.45, 2.75) is 31.0 Å². The summed E-state index contributed by atoms with van der Waals surface area (Å²) in [6, 6.07) is 7.34. The van der Waals surface area contributed by atoms with Crippen molar-refractivity contribution >= 4 is 23.4 Å². The van der Waals surface area contributed by atoms with Gasteiger partial charge in [0.25, 0.3) is 0 Å². The largest absolute Gasteiger partial charge is 0.377 e. The van der Waals surface area contributed by atoms with Crippen LogP contribution in [0, 0.1) is 0 Å². The quantitative estimate of drug-likeness (QED) is 0.593. The third-order valence-corrected chi connectivity index (χ3v) is 4.45. The smallest absolute Gasteiger partial charge is 0.237 e. The molecule has 0 spiro atoms. The molecular formula is C15H16ClN5O2S. The molecule has 0 saturated carbocycles. The van der Waals surface area contributed by atoms with E-state index >= 15 is 0 Å². The monoisotopic (exact) mass is 365 g/mol. The van der Waals surface area contributed by atoms with Crippen molar-refractivity contribution in [2.24, 2.45) is 0 Å². The molecule has 2 aromatic heterocycles. The Morgan fingerprint density at radius 3 is 2.96 bits per heavy atom. The third kappa shape index (κ3) is 3.77. The number of ether oxygens (including phenoxy) is 1. The molecule has 0 unspecified atom stereocenters. The molecule has 24 heavy (non-hydrogen) atoms. The van der Waals surface area contributed by atoms with Gasteiger partial charge in [-0.2, -0.15) is 4.98 Å². The maximum absolute atomic E-state index is 5.99. The standard InChI is InChI=1S/C15H16ClN5O2S/c1-3-21-12(8-22-2)18-19-15(21)24-9-13-17-14(20-23-13)10-5-4-6-11(16)7-10/h4-7H,3,8-9H2,1-2H3. The lowest BCUT2D eigenvalue weighted by Gasteiger charge is -2.05. The molecule has 3 aromatic rings. The highest BCUT2D eigenvalue weighted by atomic mass is 35.5. The van der Waals surface area contributed by atoms with E-state index in [4.69, 9.17) is 20.9 Å². The Balaban J connectivity index is 1.70. The number of halogens is 1. The second kappa shape index (κ2) is 7.78. The van der Waals surface area contributed by atoms with Crippen molar-refractivity contribution < 1.29 is 9.26 Å². The van der Waals surface area contributed by atoms with Crippen molar-refractivity contribution in [3.05, 3.63) is 41.0 Å². The Hall–Kier alpha value is -1.90. The van der Waals surface area contributed by atoms with Gasteiger partial charge in [0.2, 0.25) is 11.7 Å². The van der Waals surface area contributed by atoms with Crippen LogP contribution in [0.2, 0.25) is 5.02 Å². The fourth-order valence-corrected chi connectivity index (χ4v) is 3.21. The number of hydrogen-bond acceptors (Lipinski definition) is 7. The number of aromatic nitrogens is 5. The number of benzene rings is 1. The van der Waals surface area contributed by atoms with Crippen LogP contribution < -0.4 is 0 Å². The van der Waals surface area contributed by atoms with Crippen LogP contribution in [-0.4, -0.2) is 32.0 Å². The van der Waals surface area contributed by atoms with Crippen LogP contribution in [0.25, 0.3) is 11.4 Å². The number of thioether (sulfide) groups is 1. The van der Waals surface area contributed by atoms with Crippen molar-refractivity contribution in [1.29, 1.82) is 0 Å². The molecule has 7 nitrogen and oxygen atoms in total. The molecule has 126 valence electrons. The first-order valence-corrected chi connectivity index (χ1v) is 8.70. The maximum Gasteiger partial charge on any atom is 0.237 e. The van der Waals surface area contributed by atoms with E-state index < -0.39 is 0 Å².